The van der Waals surface area contributed by atoms with Gasteiger partial charge in [-0.25, -0.2) is 4.79 Å². The first kappa shape index (κ1) is 19.2. The largest absolute Gasteiger partial charge is 0.479 e. The molecule has 0 aromatic heterocycles. The molecule has 0 aliphatic heterocycles. The molecular formula is C20H22N2O4. The normalized spacial score (nSPS) is 12.7. The lowest BCUT2D eigenvalue weighted by atomic mass is 9.87. The van der Waals surface area contributed by atoms with Gasteiger partial charge in [0.2, 0.25) is 11.8 Å². The van der Waals surface area contributed by atoms with Crippen molar-refractivity contribution in [3.63, 3.8) is 0 Å². The van der Waals surface area contributed by atoms with Gasteiger partial charge >= 0.3 is 5.97 Å². The zero-order valence-corrected chi connectivity index (χ0v) is 14.6. The fourth-order valence-electron chi connectivity index (χ4n) is 2.72. The fraction of sp³-hybridized carbons (Fsp3) is 0.250. The number of carbonyl (C=O) groups is 3. The standard InChI is InChI=1S/C20H22N2O4/c1-2-20(19(25)26,16-11-7-4-8-12-16)22-18(24)14-21-17(23)13-15-9-5-3-6-10-15/h3-12H,2,13-14H2,1H3,(H,21,23)(H,22,24)(H,25,26). The van der Waals surface area contributed by atoms with Crippen molar-refractivity contribution >= 4 is 17.8 Å². The highest BCUT2D eigenvalue weighted by molar-refractivity contribution is 5.91. The summed E-state index contributed by atoms with van der Waals surface area (Å²) in [6, 6.07) is 17.7. The number of carboxylic acid groups (broad SMARTS) is 1. The molecule has 0 saturated carbocycles. The summed E-state index contributed by atoms with van der Waals surface area (Å²) in [5.41, 5.74) is -0.204. The molecule has 26 heavy (non-hydrogen) atoms. The van der Waals surface area contributed by atoms with Gasteiger partial charge in [-0.1, -0.05) is 67.6 Å². The van der Waals surface area contributed by atoms with Crippen molar-refractivity contribution in [1.82, 2.24) is 10.6 Å². The Morgan fingerprint density at radius 3 is 2.04 bits per heavy atom. The minimum atomic E-state index is -1.53. The van der Waals surface area contributed by atoms with Crippen molar-refractivity contribution in [3.05, 3.63) is 71.8 Å². The Hall–Kier alpha value is -3.15. The summed E-state index contributed by atoms with van der Waals surface area (Å²) in [6.07, 6.45) is 0.334. The van der Waals surface area contributed by atoms with Gasteiger partial charge in [-0.15, -0.1) is 0 Å². The van der Waals surface area contributed by atoms with E-state index in [0.717, 1.165) is 5.56 Å². The third-order valence-electron chi connectivity index (χ3n) is 4.17. The lowest BCUT2D eigenvalue weighted by Crippen LogP contribution is -2.53. The van der Waals surface area contributed by atoms with Gasteiger partial charge in [-0.05, 0) is 17.5 Å². The van der Waals surface area contributed by atoms with E-state index in [-0.39, 0.29) is 25.3 Å². The highest BCUT2D eigenvalue weighted by atomic mass is 16.4. The predicted octanol–water partition coefficient (Wildman–Crippen LogP) is 1.85. The van der Waals surface area contributed by atoms with Gasteiger partial charge in [-0.2, -0.15) is 0 Å². The lowest BCUT2D eigenvalue weighted by molar-refractivity contribution is -0.148. The first-order chi connectivity index (χ1) is 12.5. The van der Waals surface area contributed by atoms with Gasteiger partial charge in [0, 0.05) is 0 Å². The molecule has 0 saturated heterocycles. The van der Waals surface area contributed by atoms with Gasteiger partial charge in [-0.3, -0.25) is 9.59 Å². The smallest absolute Gasteiger partial charge is 0.334 e. The van der Waals surface area contributed by atoms with Crippen LogP contribution in [0.1, 0.15) is 24.5 Å². The van der Waals surface area contributed by atoms with E-state index in [4.69, 9.17) is 0 Å². The molecule has 3 N–H and O–H groups in total. The maximum Gasteiger partial charge on any atom is 0.334 e. The topological polar surface area (TPSA) is 95.5 Å². The Labute approximate surface area is 152 Å². The molecule has 2 aromatic rings. The molecule has 0 aliphatic rings. The Morgan fingerprint density at radius 1 is 0.923 bits per heavy atom. The van der Waals surface area contributed by atoms with Crippen molar-refractivity contribution in [1.29, 1.82) is 0 Å². The van der Waals surface area contributed by atoms with E-state index in [1.54, 1.807) is 37.3 Å². The van der Waals surface area contributed by atoms with E-state index in [2.05, 4.69) is 10.6 Å². The van der Waals surface area contributed by atoms with Gasteiger partial charge in [0.1, 0.15) is 0 Å². The molecule has 2 rings (SSSR count). The van der Waals surface area contributed by atoms with Crippen LogP contribution in [0, 0.1) is 0 Å². The third-order valence-corrected chi connectivity index (χ3v) is 4.17. The number of hydrogen-bond donors (Lipinski definition) is 3. The van der Waals surface area contributed by atoms with Crippen LogP contribution >= 0.6 is 0 Å². The molecule has 2 aromatic carbocycles. The van der Waals surface area contributed by atoms with Crippen molar-refractivity contribution in [2.24, 2.45) is 0 Å². The van der Waals surface area contributed by atoms with Crippen LogP contribution in [0.5, 0.6) is 0 Å². The number of amides is 2. The summed E-state index contributed by atoms with van der Waals surface area (Å²) >= 11 is 0. The number of carbonyl (C=O) groups excluding carboxylic acids is 2. The van der Waals surface area contributed by atoms with Gasteiger partial charge in [0.15, 0.2) is 5.54 Å². The average Bonchev–Trinajstić information content (AvgIpc) is 2.66. The molecule has 0 aliphatic carbocycles. The van der Waals surface area contributed by atoms with Crippen LogP contribution in [0.4, 0.5) is 0 Å². The minimum absolute atomic E-state index is 0.157. The Bertz CT molecular complexity index is 762. The maximum atomic E-state index is 12.3. The summed E-state index contributed by atoms with van der Waals surface area (Å²) in [6.45, 7) is 1.41. The number of carboxylic acids is 1. The van der Waals surface area contributed by atoms with Crippen molar-refractivity contribution < 1.29 is 19.5 Å². The van der Waals surface area contributed by atoms with Crippen molar-refractivity contribution in [2.45, 2.75) is 25.3 Å². The zero-order valence-electron chi connectivity index (χ0n) is 14.6. The second kappa shape index (κ2) is 8.80. The molecular weight excluding hydrogens is 332 g/mol. The number of nitrogens with one attached hydrogen (secondary N) is 2. The number of rotatable bonds is 8. The average molecular weight is 354 g/mol. The molecule has 0 heterocycles. The third kappa shape index (κ3) is 4.69. The molecule has 2 amide bonds. The minimum Gasteiger partial charge on any atom is -0.479 e. The molecule has 0 spiro atoms. The van der Waals surface area contributed by atoms with Crippen LogP contribution in [0.3, 0.4) is 0 Å². The van der Waals surface area contributed by atoms with Crippen LogP contribution in [0.25, 0.3) is 0 Å². The Balaban J connectivity index is 1.99. The van der Waals surface area contributed by atoms with E-state index in [0.29, 0.717) is 5.56 Å². The van der Waals surface area contributed by atoms with Crippen LogP contribution in [-0.2, 0) is 26.3 Å². The van der Waals surface area contributed by atoms with Crippen LogP contribution in [0.2, 0.25) is 0 Å². The van der Waals surface area contributed by atoms with Crippen LogP contribution in [-0.4, -0.2) is 29.4 Å². The number of hydrogen-bond acceptors (Lipinski definition) is 3. The molecule has 1 atom stereocenters. The van der Waals surface area contributed by atoms with Crippen LogP contribution < -0.4 is 10.6 Å². The highest BCUT2D eigenvalue weighted by Gasteiger charge is 2.40. The van der Waals surface area contributed by atoms with E-state index >= 15 is 0 Å². The molecule has 0 fully saturated rings. The molecule has 0 radical (unpaired) electrons. The zero-order chi connectivity index (χ0) is 19.0. The predicted molar refractivity (Wildman–Crippen MR) is 97.3 cm³/mol. The first-order valence-electron chi connectivity index (χ1n) is 8.38. The van der Waals surface area contributed by atoms with Gasteiger partial charge in [0.25, 0.3) is 0 Å². The van der Waals surface area contributed by atoms with Crippen molar-refractivity contribution in [3.8, 4) is 0 Å². The van der Waals surface area contributed by atoms with E-state index in [1.807, 2.05) is 30.3 Å². The number of benzene rings is 2. The first-order valence-corrected chi connectivity index (χ1v) is 8.38. The SMILES string of the molecule is CCC(NC(=O)CNC(=O)Cc1ccccc1)(C(=O)O)c1ccccc1. The van der Waals surface area contributed by atoms with Crippen molar-refractivity contribution in [2.75, 3.05) is 6.54 Å². The van der Waals surface area contributed by atoms with E-state index < -0.39 is 17.4 Å². The van der Waals surface area contributed by atoms with Gasteiger partial charge in [0.05, 0.1) is 13.0 Å². The van der Waals surface area contributed by atoms with E-state index in [9.17, 15) is 19.5 Å². The monoisotopic (exact) mass is 354 g/mol. The molecule has 6 nitrogen and oxygen atoms in total. The molecule has 6 heteroatoms. The second-order valence-corrected chi connectivity index (χ2v) is 5.92. The Morgan fingerprint density at radius 2 is 1.50 bits per heavy atom. The summed E-state index contributed by atoms with van der Waals surface area (Å²) in [5.74, 6) is -2.00. The summed E-state index contributed by atoms with van der Waals surface area (Å²) in [4.78, 5) is 36.1. The fourth-order valence-corrected chi connectivity index (χ4v) is 2.72. The summed E-state index contributed by atoms with van der Waals surface area (Å²) in [5, 5.41) is 14.8. The molecule has 136 valence electrons. The molecule has 1 unspecified atom stereocenters. The Kier molecular flexibility index (Phi) is 6.49. The van der Waals surface area contributed by atoms with Gasteiger partial charge < -0.3 is 15.7 Å². The number of aliphatic carboxylic acids is 1. The highest BCUT2D eigenvalue weighted by Crippen LogP contribution is 2.25. The molecule has 0 bridgehead atoms. The quantitative estimate of drug-likeness (QED) is 0.674. The summed E-state index contributed by atoms with van der Waals surface area (Å²) < 4.78 is 0. The second-order valence-electron chi connectivity index (χ2n) is 5.92. The lowest BCUT2D eigenvalue weighted by Gasteiger charge is -2.30. The maximum absolute atomic E-state index is 12.3. The summed E-state index contributed by atoms with van der Waals surface area (Å²) in [7, 11) is 0. The van der Waals surface area contributed by atoms with Crippen LogP contribution in [0.15, 0.2) is 60.7 Å². The van der Waals surface area contributed by atoms with E-state index in [1.165, 1.54) is 0 Å².